The van der Waals surface area contributed by atoms with Crippen LogP contribution in [0, 0.1) is 6.92 Å². The van der Waals surface area contributed by atoms with Gasteiger partial charge in [0.2, 0.25) is 5.91 Å². The summed E-state index contributed by atoms with van der Waals surface area (Å²) in [7, 11) is 2.01. The molecule has 1 heterocycles. The van der Waals surface area contributed by atoms with Gasteiger partial charge in [-0.25, -0.2) is 0 Å². The third kappa shape index (κ3) is 4.40. The van der Waals surface area contributed by atoms with Crippen molar-refractivity contribution in [3.05, 3.63) is 51.7 Å². The van der Waals surface area contributed by atoms with E-state index >= 15 is 0 Å². The normalized spacial score (nSPS) is 13.3. The summed E-state index contributed by atoms with van der Waals surface area (Å²) in [5.74, 6) is -0.532. The number of primary amides is 1. The highest BCUT2D eigenvalue weighted by atomic mass is 32.1. The average Bonchev–Trinajstić information content (AvgIpc) is 2.92. The smallest absolute Gasteiger partial charge is 0.282 e. The summed E-state index contributed by atoms with van der Waals surface area (Å²) in [6.45, 7) is 4.81. The maximum Gasteiger partial charge on any atom is 0.282 e. The minimum atomic E-state index is -0.480. The van der Waals surface area contributed by atoms with Crippen LogP contribution in [-0.4, -0.2) is 24.9 Å². The number of quaternary nitrogens is 1. The molecule has 0 bridgehead atoms. The van der Waals surface area contributed by atoms with Crippen LogP contribution >= 0.6 is 11.3 Å². The summed E-state index contributed by atoms with van der Waals surface area (Å²) >= 11 is 1.72. The van der Waals surface area contributed by atoms with Gasteiger partial charge >= 0.3 is 0 Å². The fourth-order valence-corrected chi connectivity index (χ4v) is 3.19. The third-order valence-corrected chi connectivity index (χ3v) is 5.00. The lowest BCUT2D eigenvalue weighted by Crippen LogP contribution is -3.12. The number of hydrogen-bond acceptors (Lipinski definition) is 3. The Labute approximate surface area is 140 Å². The largest absolute Gasteiger partial charge is 0.366 e. The van der Waals surface area contributed by atoms with E-state index in [0.29, 0.717) is 11.3 Å². The van der Waals surface area contributed by atoms with Crippen LogP contribution in [-0.2, 0) is 11.3 Å². The quantitative estimate of drug-likeness (QED) is 0.743. The van der Waals surface area contributed by atoms with Crippen molar-refractivity contribution in [1.29, 1.82) is 0 Å². The van der Waals surface area contributed by atoms with Gasteiger partial charge in [-0.15, -0.1) is 11.3 Å². The highest BCUT2D eigenvalue weighted by molar-refractivity contribution is 7.10. The summed E-state index contributed by atoms with van der Waals surface area (Å²) in [6.07, 6.45) is 0. The van der Waals surface area contributed by atoms with Crippen LogP contribution < -0.4 is 16.0 Å². The fraction of sp³-hybridized carbons (Fsp3) is 0.294. The number of anilines is 1. The van der Waals surface area contributed by atoms with Crippen LogP contribution in [0.3, 0.4) is 0 Å². The molecule has 0 aliphatic rings. The van der Waals surface area contributed by atoms with E-state index in [-0.39, 0.29) is 11.9 Å². The Morgan fingerprint density at radius 2 is 1.91 bits per heavy atom. The third-order valence-electron chi connectivity index (χ3n) is 3.98. The second kappa shape index (κ2) is 7.39. The molecule has 2 rings (SSSR count). The molecule has 122 valence electrons. The van der Waals surface area contributed by atoms with Crippen molar-refractivity contribution in [2.75, 3.05) is 12.4 Å². The Bertz CT molecular complexity index is 694. The van der Waals surface area contributed by atoms with E-state index in [2.05, 4.69) is 23.7 Å². The second-order valence-corrected chi connectivity index (χ2v) is 6.70. The van der Waals surface area contributed by atoms with E-state index in [1.54, 1.807) is 35.6 Å². The Morgan fingerprint density at radius 3 is 2.43 bits per heavy atom. The predicted molar refractivity (Wildman–Crippen MR) is 92.7 cm³/mol. The second-order valence-electron chi connectivity index (χ2n) is 5.70. The summed E-state index contributed by atoms with van der Waals surface area (Å²) in [5, 5.41) is 4.95. The van der Waals surface area contributed by atoms with Gasteiger partial charge in [-0.3, -0.25) is 9.59 Å². The number of nitrogens with one attached hydrogen (secondary N) is 2. The van der Waals surface area contributed by atoms with Crippen molar-refractivity contribution in [2.45, 2.75) is 26.4 Å². The number of likely N-dealkylation sites (N-methyl/N-ethyl adjacent to an activating group) is 1. The van der Waals surface area contributed by atoms with Gasteiger partial charge in [0.15, 0.2) is 6.04 Å². The zero-order chi connectivity index (χ0) is 17.0. The first-order chi connectivity index (χ1) is 10.9. The highest BCUT2D eigenvalue weighted by Gasteiger charge is 2.22. The molecule has 2 amide bonds. The zero-order valence-corrected chi connectivity index (χ0v) is 14.4. The van der Waals surface area contributed by atoms with E-state index in [1.807, 2.05) is 14.0 Å². The first-order valence-corrected chi connectivity index (χ1v) is 8.32. The van der Waals surface area contributed by atoms with Crippen LogP contribution in [0.2, 0.25) is 0 Å². The molecule has 1 aromatic carbocycles. The molecule has 23 heavy (non-hydrogen) atoms. The van der Waals surface area contributed by atoms with Crippen LogP contribution in [0.25, 0.3) is 0 Å². The van der Waals surface area contributed by atoms with Gasteiger partial charge in [0.25, 0.3) is 5.91 Å². The van der Waals surface area contributed by atoms with Gasteiger partial charge in [-0.2, -0.15) is 0 Å². The molecule has 0 aliphatic heterocycles. The molecule has 2 atom stereocenters. The molecule has 0 saturated heterocycles. The topological polar surface area (TPSA) is 76.6 Å². The van der Waals surface area contributed by atoms with Crippen LogP contribution in [0.4, 0.5) is 5.69 Å². The van der Waals surface area contributed by atoms with Crippen molar-refractivity contribution in [1.82, 2.24) is 0 Å². The minimum Gasteiger partial charge on any atom is -0.366 e. The van der Waals surface area contributed by atoms with E-state index < -0.39 is 5.91 Å². The summed E-state index contributed by atoms with van der Waals surface area (Å²) in [4.78, 5) is 25.8. The molecule has 0 aliphatic carbocycles. The van der Waals surface area contributed by atoms with Gasteiger partial charge in [0.05, 0.1) is 11.9 Å². The molecule has 6 heteroatoms. The standard InChI is InChI=1S/C17H21N3O2S/c1-11-8-9-23-15(11)10-20(3)12(2)17(22)19-14-6-4-13(5-7-14)16(18)21/h4-9,12H,10H2,1-3H3,(H2,18,21)(H,19,22)/p+1/t12-/m0/s1. The van der Waals surface area contributed by atoms with Crippen molar-refractivity contribution >= 4 is 28.8 Å². The van der Waals surface area contributed by atoms with E-state index in [0.717, 1.165) is 11.4 Å². The molecule has 0 saturated carbocycles. The predicted octanol–water partition coefficient (Wildman–Crippen LogP) is 1.20. The zero-order valence-electron chi connectivity index (χ0n) is 13.6. The molecule has 0 fully saturated rings. The van der Waals surface area contributed by atoms with Gasteiger partial charge < -0.3 is 16.0 Å². The number of hydrogen-bond donors (Lipinski definition) is 3. The van der Waals surface area contributed by atoms with Gasteiger partial charge in [-0.05, 0) is 55.1 Å². The van der Waals surface area contributed by atoms with Gasteiger partial charge in [-0.1, -0.05) is 0 Å². The number of carbonyl (C=O) groups is 2. The Kier molecular flexibility index (Phi) is 5.52. The lowest BCUT2D eigenvalue weighted by Gasteiger charge is -2.21. The maximum absolute atomic E-state index is 12.4. The van der Waals surface area contributed by atoms with Crippen molar-refractivity contribution in [3.8, 4) is 0 Å². The number of carbonyl (C=O) groups excluding carboxylic acids is 2. The van der Waals surface area contributed by atoms with E-state index in [4.69, 9.17) is 5.73 Å². The van der Waals surface area contributed by atoms with Crippen LogP contribution in [0.5, 0.6) is 0 Å². The van der Waals surface area contributed by atoms with Crippen molar-refractivity contribution in [3.63, 3.8) is 0 Å². The molecular weight excluding hydrogens is 310 g/mol. The number of amides is 2. The molecule has 0 radical (unpaired) electrons. The van der Waals surface area contributed by atoms with Crippen LogP contribution in [0.1, 0.15) is 27.7 Å². The molecule has 1 unspecified atom stereocenters. The Hall–Kier alpha value is -2.18. The molecule has 1 aromatic heterocycles. The molecule has 5 nitrogen and oxygen atoms in total. The Balaban J connectivity index is 1.96. The number of rotatable bonds is 6. The summed E-state index contributed by atoms with van der Waals surface area (Å²) in [5.41, 5.74) is 7.55. The Morgan fingerprint density at radius 1 is 1.26 bits per heavy atom. The first kappa shape index (κ1) is 17.2. The number of thiophene rings is 1. The monoisotopic (exact) mass is 332 g/mol. The van der Waals surface area contributed by atoms with Crippen molar-refractivity contribution < 1.29 is 14.5 Å². The number of aryl methyl sites for hydroxylation is 1. The van der Waals surface area contributed by atoms with Crippen LogP contribution in [0.15, 0.2) is 35.7 Å². The fourth-order valence-electron chi connectivity index (χ4n) is 2.18. The number of nitrogens with two attached hydrogens (primary N) is 1. The van der Waals surface area contributed by atoms with E-state index in [9.17, 15) is 9.59 Å². The molecular formula is C17H22N3O2S+. The molecule has 2 aromatic rings. The summed E-state index contributed by atoms with van der Waals surface area (Å²) in [6, 6.07) is 8.49. The highest BCUT2D eigenvalue weighted by Crippen LogP contribution is 2.14. The minimum absolute atomic E-state index is 0.0523. The lowest BCUT2D eigenvalue weighted by molar-refractivity contribution is -0.907. The van der Waals surface area contributed by atoms with E-state index in [1.165, 1.54) is 10.4 Å². The molecule has 0 spiro atoms. The first-order valence-electron chi connectivity index (χ1n) is 7.44. The lowest BCUT2D eigenvalue weighted by atomic mass is 10.2. The SMILES string of the molecule is Cc1ccsc1C[NH+](C)[C@@H](C)C(=O)Nc1ccc(C(N)=O)cc1. The maximum atomic E-state index is 12.4. The van der Waals surface area contributed by atoms with Gasteiger partial charge in [0, 0.05) is 11.3 Å². The average molecular weight is 332 g/mol. The number of benzene rings is 1. The van der Waals surface area contributed by atoms with Gasteiger partial charge in [0.1, 0.15) is 6.54 Å². The molecule has 4 N–H and O–H groups in total. The summed E-state index contributed by atoms with van der Waals surface area (Å²) < 4.78 is 0. The van der Waals surface area contributed by atoms with Crippen molar-refractivity contribution in [2.24, 2.45) is 5.73 Å².